The zero-order valence-corrected chi connectivity index (χ0v) is 65.1. The monoisotopic (exact) mass is 1670 g/mol. The molecule has 0 bridgehead atoms. The number of hydrogen-bond acceptors (Lipinski definition) is 42. The molecule has 42 nitrogen and oxygen atoms in total. The SMILES string of the molecule is CC(=O)OC1(OCC2OC(O)(OC(=O)C34CCC(C)(C)CC3C3=CCC5C6(C)CCC(OC7OCC(O)C(OC8(OC9(O)C(O)C(O)OC(CO)C9O)OC(CO)C(O)C(O)C8O)C7OC7(O)OC(CO)C(O)C(O)C7O)C(C)(C)C6CCC5(C)C3(C)CC4)C(O)C(O)C2O)OC(CO)C(OC2OC(C)C(O)C(O)C2O)C(O)C1O. The summed E-state index contributed by atoms with van der Waals surface area (Å²) in [5, 5.41) is 280. The predicted molar refractivity (Wildman–Crippen MR) is 369 cm³/mol. The molecule has 42 atom stereocenters. The molecule has 7 heterocycles. The van der Waals surface area contributed by atoms with E-state index in [1.807, 2.05) is 13.8 Å². The third-order valence-corrected chi connectivity index (χ3v) is 28.1. The van der Waals surface area contributed by atoms with Gasteiger partial charge in [-0.25, -0.2) is 0 Å². The number of allylic oxidation sites excluding steroid dienone is 2. The highest BCUT2D eigenvalue weighted by molar-refractivity contribution is 5.79. The molecule has 115 heavy (non-hydrogen) atoms. The van der Waals surface area contributed by atoms with Crippen LogP contribution in [0.15, 0.2) is 11.6 Å². The first-order valence-corrected chi connectivity index (χ1v) is 39.1. The molecule has 11 fully saturated rings. The van der Waals surface area contributed by atoms with Crippen molar-refractivity contribution in [1.29, 1.82) is 0 Å². The first-order chi connectivity index (χ1) is 53.4. The molecule has 12 aliphatic rings. The van der Waals surface area contributed by atoms with Gasteiger partial charge >= 0.3 is 35.8 Å². The summed E-state index contributed by atoms with van der Waals surface area (Å²) in [6.07, 6.45) is -58.6. The molecule has 25 N–H and O–H groups in total. The van der Waals surface area contributed by atoms with Gasteiger partial charge in [0.1, 0.15) is 122 Å². The molecule has 0 radical (unpaired) electrons. The van der Waals surface area contributed by atoms with Crippen molar-refractivity contribution in [3.8, 4) is 0 Å². The van der Waals surface area contributed by atoms with Gasteiger partial charge < -0.3 is 194 Å². The van der Waals surface area contributed by atoms with E-state index in [9.17, 15) is 132 Å². The topological polar surface area (TPSA) is 678 Å². The minimum Gasteiger partial charge on any atom is -0.406 e. The molecule has 5 aliphatic carbocycles. The molecule has 42 heteroatoms. The van der Waals surface area contributed by atoms with Crippen molar-refractivity contribution in [3.05, 3.63) is 11.6 Å². The van der Waals surface area contributed by atoms with E-state index in [1.165, 1.54) is 6.92 Å². The second kappa shape index (κ2) is 32.7. The second-order valence-corrected chi connectivity index (χ2v) is 35.7. The molecule has 7 aliphatic heterocycles. The lowest BCUT2D eigenvalue weighted by Gasteiger charge is -2.71. The lowest BCUT2D eigenvalue weighted by Crippen LogP contribution is -2.76. The van der Waals surface area contributed by atoms with Crippen molar-refractivity contribution in [1.82, 2.24) is 0 Å². The van der Waals surface area contributed by atoms with Crippen LogP contribution in [0, 0.1) is 50.2 Å². The van der Waals surface area contributed by atoms with E-state index in [1.54, 1.807) is 0 Å². The molecule has 0 aromatic carbocycles. The standard InChI is InChI=1S/C73H118O42/c1-27-40(80)44(84)48(88)60(103-27)106-51-34(23-76)111-72(107-28(2)78,57(94)49(51)89)102-26-36-43(83)46(86)55(92)71(100,109-36)114-62(97)68-18-16-63(3,4)20-30(68)29-10-11-38-65(7)14-13-39(64(5,6)37(65)12-15-67(38,9)66(29,8)17-19-68)105-61-52(112-70(99)54(91)45(85)41(81)32(21-74)108-70)50(31(79)25-101-61)113-73(56(93)47(87)42(82)33(22-75)110-73)115-69(98)53(90)35(24-77)104-59(96)58(69)95/h10,27,30-61,74-77,79-96,98-100H,11-26H2,1-9H3. The van der Waals surface area contributed by atoms with Gasteiger partial charge in [0, 0.05) is 6.92 Å². The van der Waals surface area contributed by atoms with Crippen LogP contribution in [0.5, 0.6) is 0 Å². The minimum absolute atomic E-state index is 0.114. The molecule has 12 rings (SSSR count). The summed E-state index contributed by atoms with van der Waals surface area (Å²) in [5.41, 5.74) is -3.60. The summed E-state index contributed by atoms with van der Waals surface area (Å²) in [6.45, 7) is 10.1. The van der Waals surface area contributed by atoms with Gasteiger partial charge in [-0.05, 0) is 116 Å². The number of esters is 2. The molecule has 42 unspecified atom stereocenters. The van der Waals surface area contributed by atoms with E-state index in [2.05, 4.69) is 40.7 Å². The van der Waals surface area contributed by atoms with E-state index in [0.29, 0.717) is 44.9 Å². The fourth-order valence-corrected chi connectivity index (χ4v) is 21.1. The van der Waals surface area contributed by atoms with Crippen molar-refractivity contribution in [3.63, 3.8) is 0 Å². The Morgan fingerprint density at radius 1 is 0.504 bits per heavy atom. The van der Waals surface area contributed by atoms with E-state index < -0.39 is 303 Å². The average molecular weight is 1670 g/mol. The van der Waals surface area contributed by atoms with Crippen molar-refractivity contribution in [2.45, 2.75) is 340 Å². The Hall–Kier alpha value is -2.84. The van der Waals surface area contributed by atoms with Crippen LogP contribution in [0.4, 0.5) is 0 Å². The number of carbonyl (C=O) groups is 2. The maximum Gasteiger partial charge on any atom is 0.360 e. The molecule has 0 spiro atoms. The summed E-state index contributed by atoms with van der Waals surface area (Å²) < 4.78 is 87.4. The lowest BCUT2D eigenvalue weighted by atomic mass is 9.33. The van der Waals surface area contributed by atoms with Gasteiger partial charge in [0.2, 0.25) is 5.79 Å². The summed E-state index contributed by atoms with van der Waals surface area (Å²) in [7, 11) is 0. The van der Waals surface area contributed by atoms with Crippen molar-refractivity contribution >= 4 is 11.9 Å². The van der Waals surface area contributed by atoms with Crippen molar-refractivity contribution in [2.24, 2.45) is 50.2 Å². The van der Waals surface area contributed by atoms with Crippen LogP contribution in [0.1, 0.15) is 127 Å². The first-order valence-electron chi connectivity index (χ1n) is 39.1. The van der Waals surface area contributed by atoms with E-state index in [-0.39, 0.29) is 31.1 Å². The highest BCUT2D eigenvalue weighted by atomic mass is 16.9. The normalized spacial score (nSPS) is 54.4. The second-order valence-electron chi connectivity index (χ2n) is 35.7. The number of carbonyl (C=O) groups excluding carboxylic acids is 2. The van der Waals surface area contributed by atoms with Gasteiger partial charge in [0.25, 0.3) is 0 Å². The average Bonchev–Trinajstić information content (AvgIpc) is 0.672. The Labute approximate surface area is 659 Å². The number of fused-ring (bicyclic) bond motifs is 7. The Morgan fingerprint density at radius 2 is 1.08 bits per heavy atom. The van der Waals surface area contributed by atoms with Gasteiger partial charge in [-0.2, -0.15) is 0 Å². The summed E-state index contributed by atoms with van der Waals surface area (Å²) in [5.74, 6) is -20.8. The molecule has 4 saturated carbocycles. The molecule has 7 saturated heterocycles. The summed E-state index contributed by atoms with van der Waals surface area (Å²) >= 11 is 0. The van der Waals surface area contributed by atoms with Gasteiger partial charge in [0.05, 0.1) is 57.3 Å². The van der Waals surface area contributed by atoms with Crippen molar-refractivity contribution in [2.75, 3.05) is 39.6 Å². The maximum atomic E-state index is 15.6. The Bertz CT molecular complexity index is 3430. The lowest BCUT2D eigenvalue weighted by molar-refractivity contribution is -0.548. The minimum atomic E-state index is -3.71. The fourth-order valence-electron chi connectivity index (χ4n) is 21.1. The fraction of sp³-hybridized carbons (Fsp3) is 0.945. The zero-order chi connectivity index (χ0) is 84.9. The van der Waals surface area contributed by atoms with Crippen LogP contribution in [-0.4, -0.2) is 393 Å². The molecule has 0 aromatic heterocycles. The smallest absolute Gasteiger partial charge is 0.360 e. The Kier molecular flexibility index (Phi) is 26.0. The highest BCUT2D eigenvalue weighted by Crippen LogP contribution is 2.76. The zero-order valence-electron chi connectivity index (χ0n) is 65.1. The van der Waals surface area contributed by atoms with Crippen LogP contribution in [0.25, 0.3) is 0 Å². The number of aliphatic hydroxyl groups excluding tert-OH is 22. The van der Waals surface area contributed by atoms with Crippen LogP contribution >= 0.6 is 0 Å². The third-order valence-electron chi connectivity index (χ3n) is 28.1. The summed E-state index contributed by atoms with van der Waals surface area (Å²) in [4.78, 5) is 28.3. The molecule has 0 aromatic rings. The summed E-state index contributed by atoms with van der Waals surface area (Å²) in [6, 6.07) is 0. The quantitative estimate of drug-likeness (QED) is 0.0233. The van der Waals surface area contributed by atoms with Gasteiger partial charge in [-0.1, -0.05) is 60.1 Å². The van der Waals surface area contributed by atoms with Crippen LogP contribution in [-0.2, 0) is 80.6 Å². The Balaban J connectivity index is 0.803. The molecule has 662 valence electrons. The van der Waals surface area contributed by atoms with E-state index in [0.717, 1.165) is 12.5 Å². The van der Waals surface area contributed by atoms with Crippen LogP contribution in [0.3, 0.4) is 0 Å². The van der Waals surface area contributed by atoms with Crippen LogP contribution in [0.2, 0.25) is 0 Å². The maximum absolute atomic E-state index is 15.6. The number of ether oxygens (including phenoxy) is 15. The predicted octanol–water partition coefficient (Wildman–Crippen LogP) is -9.73. The Morgan fingerprint density at radius 3 is 1.70 bits per heavy atom. The largest absolute Gasteiger partial charge is 0.406 e. The van der Waals surface area contributed by atoms with E-state index >= 15 is 4.79 Å². The first kappa shape index (κ1) is 91.4. The highest BCUT2D eigenvalue weighted by Gasteiger charge is 2.74. The number of aliphatic hydroxyl groups is 25. The van der Waals surface area contributed by atoms with Gasteiger partial charge in [0.15, 0.2) is 49.4 Å². The molecular weight excluding hydrogens is 1550 g/mol. The van der Waals surface area contributed by atoms with Crippen LogP contribution < -0.4 is 0 Å². The number of hydrogen-bond donors (Lipinski definition) is 25. The molecule has 0 amide bonds. The number of rotatable bonds is 20. The van der Waals surface area contributed by atoms with Gasteiger partial charge in [-0.3, -0.25) is 14.3 Å². The van der Waals surface area contributed by atoms with E-state index in [4.69, 9.17) is 71.1 Å². The van der Waals surface area contributed by atoms with Gasteiger partial charge in [-0.15, -0.1) is 0 Å². The third kappa shape index (κ3) is 15.2. The van der Waals surface area contributed by atoms with Crippen molar-refractivity contribution < 1.29 is 208 Å². The molecular formula is C73H118O42.